The number of methoxy groups -OCH3 is 2. The van der Waals surface area contributed by atoms with Gasteiger partial charge in [-0.15, -0.1) is 0 Å². The molecule has 8 heteroatoms. The van der Waals surface area contributed by atoms with E-state index in [9.17, 15) is 5.11 Å². The molecule has 1 aromatic heterocycles. The van der Waals surface area contributed by atoms with Crippen LogP contribution < -0.4 is 9.47 Å². The number of benzene rings is 3. The summed E-state index contributed by atoms with van der Waals surface area (Å²) in [5.41, 5.74) is 4.42. The van der Waals surface area contributed by atoms with Gasteiger partial charge in [-0.1, -0.05) is 6.07 Å². The van der Waals surface area contributed by atoms with Gasteiger partial charge >= 0.3 is 0 Å². The third-order valence-electron chi connectivity index (χ3n) is 4.71. The zero-order valence-corrected chi connectivity index (χ0v) is 20.1. The third kappa shape index (κ3) is 4.18. The van der Waals surface area contributed by atoms with Crippen LogP contribution in [0.4, 0.5) is 5.69 Å². The van der Waals surface area contributed by atoms with E-state index in [2.05, 4.69) is 41.8 Å². The van der Waals surface area contributed by atoms with Gasteiger partial charge in [0, 0.05) is 20.7 Å². The van der Waals surface area contributed by atoms with Crippen molar-refractivity contribution in [2.45, 2.75) is 6.92 Å². The van der Waals surface area contributed by atoms with Crippen molar-refractivity contribution in [3.63, 3.8) is 0 Å². The van der Waals surface area contributed by atoms with Gasteiger partial charge in [0.25, 0.3) is 0 Å². The highest BCUT2D eigenvalue weighted by molar-refractivity contribution is 9.13. The summed E-state index contributed by atoms with van der Waals surface area (Å²) in [7, 11) is 3.07. The predicted octanol–water partition coefficient (Wildman–Crippen LogP) is 6.80. The number of aliphatic imine (C=N–C) groups is 1. The number of aryl methyl sites for hydroxylation is 1. The molecule has 0 radical (unpaired) electrons. The topological polar surface area (TPSA) is 77.1 Å². The minimum atomic E-state index is -0.0224. The van der Waals surface area contributed by atoms with Gasteiger partial charge in [-0.05, 0) is 80.7 Å². The first-order valence-corrected chi connectivity index (χ1v) is 10.8. The number of aromatic hydroxyl groups is 1. The molecule has 3 aromatic carbocycles. The van der Waals surface area contributed by atoms with E-state index in [-0.39, 0.29) is 5.75 Å². The number of fused-ring (bicyclic) bond motifs is 1. The molecule has 31 heavy (non-hydrogen) atoms. The number of halogens is 2. The zero-order valence-electron chi connectivity index (χ0n) is 16.9. The van der Waals surface area contributed by atoms with E-state index in [1.165, 1.54) is 7.11 Å². The quantitative estimate of drug-likeness (QED) is 0.279. The molecule has 0 saturated heterocycles. The van der Waals surface area contributed by atoms with Crippen molar-refractivity contribution in [3.8, 4) is 28.7 Å². The van der Waals surface area contributed by atoms with E-state index in [0.717, 1.165) is 26.7 Å². The van der Waals surface area contributed by atoms with Crippen molar-refractivity contribution in [2.24, 2.45) is 4.99 Å². The number of ether oxygens (including phenoxy) is 2. The Hall–Kier alpha value is -2.84. The maximum Gasteiger partial charge on any atom is 0.227 e. The summed E-state index contributed by atoms with van der Waals surface area (Å²) in [5.74, 6) is 1.38. The smallest absolute Gasteiger partial charge is 0.227 e. The lowest BCUT2D eigenvalue weighted by Crippen LogP contribution is -1.92. The SMILES string of the molecule is COc1ccc(-c2nc3cc(C)ccc3o2)cc1N=Cc1c(O)c(OC)cc(Br)c1Br. The normalized spacial score (nSPS) is 11.4. The summed E-state index contributed by atoms with van der Waals surface area (Å²) in [6.07, 6.45) is 1.55. The number of hydrogen-bond acceptors (Lipinski definition) is 6. The maximum atomic E-state index is 10.5. The second-order valence-electron chi connectivity index (χ2n) is 6.77. The Morgan fingerprint density at radius 2 is 1.81 bits per heavy atom. The fourth-order valence-electron chi connectivity index (χ4n) is 3.10. The highest BCUT2D eigenvalue weighted by Crippen LogP contribution is 2.40. The Labute approximate surface area is 195 Å². The van der Waals surface area contributed by atoms with Crippen molar-refractivity contribution >= 4 is 54.9 Å². The van der Waals surface area contributed by atoms with Gasteiger partial charge in [0.2, 0.25) is 5.89 Å². The largest absolute Gasteiger partial charge is 0.504 e. The van der Waals surface area contributed by atoms with Crippen LogP contribution in [0.2, 0.25) is 0 Å². The average Bonchev–Trinajstić information content (AvgIpc) is 3.19. The molecule has 4 rings (SSSR count). The van der Waals surface area contributed by atoms with E-state index in [4.69, 9.17) is 13.9 Å². The van der Waals surface area contributed by atoms with Crippen LogP contribution in [0, 0.1) is 6.92 Å². The molecule has 0 atom stereocenters. The van der Waals surface area contributed by atoms with Crippen molar-refractivity contribution in [2.75, 3.05) is 14.2 Å². The Kier molecular flexibility index (Phi) is 6.02. The fourth-order valence-corrected chi connectivity index (χ4v) is 3.93. The molecule has 0 aliphatic heterocycles. The Morgan fingerprint density at radius 3 is 2.55 bits per heavy atom. The molecule has 6 nitrogen and oxygen atoms in total. The van der Waals surface area contributed by atoms with E-state index >= 15 is 0 Å². The molecule has 0 aliphatic carbocycles. The highest BCUT2D eigenvalue weighted by Gasteiger charge is 2.15. The van der Waals surface area contributed by atoms with Gasteiger partial charge in [0.15, 0.2) is 17.1 Å². The van der Waals surface area contributed by atoms with Crippen LogP contribution in [0.3, 0.4) is 0 Å². The Bertz CT molecular complexity index is 1310. The summed E-state index contributed by atoms with van der Waals surface area (Å²) in [6.45, 7) is 2.01. The van der Waals surface area contributed by atoms with Crippen LogP contribution in [0.1, 0.15) is 11.1 Å². The molecule has 4 aromatic rings. The van der Waals surface area contributed by atoms with Crippen molar-refractivity contribution in [1.29, 1.82) is 0 Å². The van der Waals surface area contributed by atoms with E-state index in [0.29, 0.717) is 33.1 Å². The minimum absolute atomic E-state index is 0.0224. The molecule has 0 aliphatic rings. The van der Waals surface area contributed by atoms with E-state index < -0.39 is 0 Å². The number of oxazole rings is 1. The fraction of sp³-hybridized carbons (Fsp3) is 0.130. The lowest BCUT2D eigenvalue weighted by atomic mass is 10.1. The average molecular weight is 546 g/mol. The lowest BCUT2D eigenvalue weighted by Gasteiger charge is -2.10. The van der Waals surface area contributed by atoms with Crippen molar-refractivity contribution in [3.05, 3.63) is 62.5 Å². The standard InChI is InChI=1S/C23H18Br2N2O4/c1-12-4-6-19-17(8-12)27-23(31-19)13-5-7-18(29-2)16(9-13)26-11-14-21(25)15(24)10-20(30-3)22(14)28/h4-11,28H,1-3H3. The van der Waals surface area contributed by atoms with Gasteiger partial charge in [0.05, 0.1) is 19.8 Å². The Morgan fingerprint density at radius 1 is 1.03 bits per heavy atom. The van der Waals surface area contributed by atoms with Crippen LogP contribution >= 0.6 is 31.9 Å². The maximum absolute atomic E-state index is 10.5. The first kappa shape index (κ1) is 21.4. The Balaban J connectivity index is 1.78. The molecule has 0 saturated carbocycles. The van der Waals surface area contributed by atoms with Gasteiger partial charge < -0.3 is 19.0 Å². The van der Waals surface area contributed by atoms with Crippen LogP contribution in [0.5, 0.6) is 17.2 Å². The molecule has 1 heterocycles. The number of hydrogen-bond donors (Lipinski definition) is 1. The number of phenolic OH excluding ortho intramolecular Hbond substituents is 1. The second kappa shape index (κ2) is 8.72. The van der Waals surface area contributed by atoms with Crippen molar-refractivity contribution < 1.29 is 19.0 Å². The summed E-state index contributed by atoms with van der Waals surface area (Å²) in [5, 5.41) is 10.5. The summed E-state index contributed by atoms with van der Waals surface area (Å²) in [4.78, 5) is 9.15. The van der Waals surface area contributed by atoms with Gasteiger partial charge in [-0.2, -0.15) is 0 Å². The van der Waals surface area contributed by atoms with Gasteiger partial charge in [-0.25, -0.2) is 4.98 Å². The second-order valence-corrected chi connectivity index (χ2v) is 8.42. The first-order valence-electron chi connectivity index (χ1n) is 9.26. The molecule has 0 amide bonds. The van der Waals surface area contributed by atoms with E-state index in [1.807, 2.05) is 37.3 Å². The van der Waals surface area contributed by atoms with Gasteiger partial charge in [0.1, 0.15) is 17.0 Å². The molecule has 1 N–H and O–H groups in total. The van der Waals surface area contributed by atoms with Gasteiger partial charge in [-0.3, -0.25) is 4.99 Å². The zero-order chi connectivity index (χ0) is 22.1. The van der Waals surface area contributed by atoms with Crippen LogP contribution in [0.15, 0.2) is 60.8 Å². The monoisotopic (exact) mass is 544 g/mol. The summed E-state index contributed by atoms with van der Waals surface area (Å²) < 4.78 is 18.0. The molecule has 0 fully saturated rings. The number of aromatic nitrogens is 1. The third-order valence-corrected chi connectivity index (χ3v) is 6.73. The molecule has 0 spiro atoms. The molecule has 0 unspecified atom stereocenters. The summed E-state index contributed by atoms with van der Waals surface area (Å²) >= 11 is 6.92. The predicted molar refractivity (Wildman–Crippen MR) is 128 cm³/mol. The molecule has 0 bridgehead atoms. The van der Waals surface area contributed by atoms with Crippen LogP contribution in [-0.2, 0) is 0 Å². The number of rotatable bonds is 5. The molecular weight excluding hydrogens is 528 g/mol. The highest BCUT2D eigenvalue weighted by atomic mass is 79.9. The number of phenols is 1. The van der Waals surface area contributed by atoms with Crippen LogP contribution in [0.25, 0.3) is 22.6 Å². The van der Waals surface area contributed by atoms with Crippen LogP contribution in [-0.4, -0.2) is 30.5 Å². The first-order chi connectivity index (χ1) is 14.9. The lowest BCUT2D eigenvalue weighted by molar-refractivity contribution is 0.372. The summed E-state index contributed by atoms with van der Waals surface area (Å²) in [6, 6.07) is 13.0. The molecular formula is C23H18Br2N2O4. The number of nitrogens with zero attached hydrogens (tertiary/aromatic N) is 2. The minimum Gasteiger partial charge on any atom is -0.504 e. The van der Waals surface area contributed by atoms with E-state index in [1.54, 1.807) is 25.5 Å². The molecule has 158 valence electrons. The van der Waals surface area contributed by atoms with Crippen molar-refractivity contribution in [1.82, 2.24) is 4.98 Å².